The maximum absolute atomic E-state index is 12.5. The van der Waals surface area contributed by atoms with Crippen LogP contribution < -0.4 is 10.2 Å². The van der Waals surface area contributed by atoms with E-state index in [-0.39, 0.29) is 17.2 Å². The molecule has 0 aliphatic carbocycles. The summed E-state index contributed by atoms with van der Waals surface area (Å²) in [7, 11) is 0. The molecule has 0 saturated carbocycles. The number of carbonyl (C=O) groups excluding carboxylic acids is 1. The summed E-state index contributed by atoms with van der Waals surface area (Å²) in [5, 5.41) is 14.3. The smallest absolute Gasteiger partial charge is 0.293 e. The molecule has 0 bridgehead atoms. The normalized spacial score (nSPS) is 13.9. The molecule has 136 valence electrons. The lowest BCUT2D eigenvalue weighted by molar-refractivity contribution is -0.384. The highest BCUT2D eigenvalue weighted by atomic mass is 16.6. The zero-order valence-electron chi connectivity index (χ0n) is 15.1. The number of amides is 1. The van der Waals surface area contributed by atoms with Crippen LogP contribution >= 0.6 is 0 Å². The van der Waals surface area contributed by atoms with Gasteiger partial charge in [0.05, 0.1) is 4.92 Å². The van der Waals surface area contributed by atoms with Crippen LogP contribution in [0.4, 0.5) is 17.1 Å². The minimum Gasteiger partial charge on any atom is -0.366 e. The first kappa shape index (κ1) is 17.9. The van der Waals surface area contributed by atoms with Crippen molar-refractivity contribution in [2.75, 3.05) is 23.3 Å². The van der Waals surface area contributed by atoms with Crippen molar-refractivity contribution in [2.24, 2.45) is 0 Å². The van der Waals surface area contributed by atoms with Crippen LogP contribution in [0.5, 0.6) is 0 Å². The Balaban J connectivity index is 1.80. The van der Waals surface area contributed by atoms with Crippen molar-refractivity contribution in [3.05, 3.63) is 63.7 Å². The van der Waals surface area contributed by atoms with E-state index in [1.807, 2.05) is 29.2 Å². The van der Waals surface area contributed by atoms with Gasteiger partial charge in [-0.05, 0) is 48.6 Å². The highest BCUT2D eigenvalue weighted by Gasteiger charge is 2.23. The number of anilines is 2. The Labute approximate surface area is 153 Å². The molecule has 0 radical (unpaired) electrons. The molecular formula is C20H23N3O3. The fourth-order valence-electron chi connectivity index (χ4n) is 3.19. The minimum atomic E-state index is -0.415. The van der Waals surface area contributed by atoms with Gasteiger partial charge in [-0.15, -0.1) is 0 Å². The Hall–Kier alpha value is -2.89. The van der Waals surface area contributed by atoms with E-state index in [4.69, 9.17) is 0 Å². The third-order valence-electron chi connectivity index (χ3n) is 4.72. The number of hydrogen-bond donors (Lipinski definition) is 1. The monoisotopic (exact) mass is 353 g/mol. The van der Waals surface area contributed by atoms with E-state index in [9.17, 15) is 14.9 Å². The lowest BCUT2D eigenvalue weighted by Crippen LogP contribution is -2.19. The van der Waals surface area contributed by atoms with Gasteiger partial charge in [-0.1, -0.05) is 26.0 Å². The molecule has 6 heteroatoms. The fourth-order valence-corrected chi connectivity index (χ4v) is 3.19. The number of nitro benzene ring substituents is 1. The van der Waals surface area contributed by atoms with E-state index in [1.165, 1.54) is 11.6 Å². The zero-order valence-corrected chi connectivity index (χ0v) is 15.1. The highest BCUT2D eigenvalue weighted by Crippen LogP contribution is 2.32. The standard InChI is InChI=1S/C20H23N3O3/c1-14(2)15-5-8-17(9-6-15)21-20(24)16-7-10-18(19(13-16)23(25)26)22-11-3-4-12-22/h5-10,13-14H,3-4,11-12H2,1-2H3,(H,21,24). The van der Waals surface area contributed by atoms with Crippen LogP contribution in [-0.4, -0.2) is 23.9 Å². The molecule has 1 N–H and O–H groups in total. The zero-order chi connectivity index (χ0) is 18.7. The van der Waals surface area contributed by atoms with Gasteiger partial charge in [0.25, 0.3) is 11.6 Å². The Morgan fingerprint density at radius 3 is 2.35 bits per heavy atom. The first-order valence-corrected chi connectivity index (χ1v) is 8.90. The lowest BCUT2D eigenvalue weighted by Gasteiger charge is -2.17. The highest BCUT2D eigenvalue weighted by molar-refractivity contribution is 6.05. The molecule has 1 aliphatic heterocycles. The summed E-state index contributed by atoms with van der Waals surface area (Å²) < 4.78 is 0. The van der Waals surface area contributed by atoms with Gasteiger partial charge in [-0.25, -0.2) is 0 Å². The van der Waals surface area contributed by atoms with Gasteiger partial charge in [0.2, 0.25) is 0 Å². The summed E-state index contributed by atoms with van der Waals surface area (Å²) in [5.74, 6) is 0.0684. The summed E-state index contributed by atoms with van der Waals surface area (Å²) in [5.41, 5.74) is 2.71. The van der Waals surface area contributed by atoms with Crippen LogP contribution in [0.1, 0.15) is 48.5 Å². The molecule has 2 aromatic carbocycles. The van der Waals surface area contributed by atoms with E-state index in [2.05, 4.69) is 19.2 Å². The van der Waals surface area contributed by atoms with Gasteiger partial charge in [-0.2, -0.15) is 0 Å². The van der Waals surface area contributed by atoms with Crippen LogP contribution in [0.2, 0.25) is 0 Å². The van der Waals surface area contributed by atoms with Crippen LogP contribution in [-0.2, 0) is 0 Å². The summed E-state index contributed by atoms with van der Waals surface area (Å²) in [6.45, 7) is 5.84. The molecule has 1 aliphatic rings. The average Bonchev–Trinajstić information content (AvgIpc) is 3.16. The van der Waals surface area contributed by atoms with Crippen molar-refractivity contribution in [3.63, 3.8) is 0 Å². The molecule has 0 unspecified atom stereocenters. The summed E-state index contributed by atoms with van der Waals surface area (Å²) in [4.78, 5) is 25.5. The topological polar surface area (TPSA) is 75.5 Å². The molecule has 1 fully saturated rings. The predicted molar refractivity (Wildman–Crippen MR) is 103 cm³/mol. The number of nitrogens with zero attached hydrogens (tertiary/aromatic N) is 2. The van der Waals surface area contributed by atoms with Crippen LogP contribution in [0.25, 0.3) is 0 Å². The van der Waals surface area contributed by atoms with Crippen molar-refractivity contribution in [1.82, 2.24) is 0 Å². The molecule has 0 atom stereocenters. The van der Waals surface area contributed by atoms with Crippen LogP contribution in [0.15, 0.2) is 42.5 Å². The largest absolute Gasteiger partial charge is 0.366 e. The second kappa shape index (κ2) is 7.56. The lowest BCUT2D eigenvalue weighted by atomic mass is 10.0. The molecule has 2 aromatic rings. The van der Waals surface area contributed by atoms with Crippen LogP contribution in [0.3, 0.4) is 0 Å². The second-order valence-corrected chi connectivity index (χ2v) is 6.89. The number of nitrogens with one attached hydrogen (secondary N) is 1. The number of carbonyl (C=O) groups is 1. The summed E-state index contributed by atoms with van der Waals surface area (Å²) >= 11 is 0. The van der Waals surface area contributed by atoms with Crippen molar-refractivity contribution < 1.29 is 9.72 Å². The SMILES string of the molecule is CC(C)c1ccc(NC(=O)c2ccc(N3CCCC3)c([N+](=O)[O-])c2)cc1. The molecular weight excluding hydrogens is 330 g/mol. The average molecular weight is 353 g/mol. The Morgan fingerprint density at radius 2 is 1.77 bits per heavy atom. The van der Waals surface area contributed by atoms with E-state index in [0.29, 0.717) is 17.3 Å². The molecule has 6 nitrogen and oxygen atoms in total. The van der Waals surface area contributed by atoms with Gasteiger partial charge in [-0.3, -0.25) is 14.9 Å². The maximum Gasteiger partial charge on any atom is 0.293 e. The number of rotatable bonds is 5. The molecule has 26 heavy (non-hydrogen) atoms. The molecule has 3 rings (SSSR count). The third kappa shape index (κ3) is 3.85. The number of nitro groups is 1. The maximum atomic E-state index is 12.5. The van der Waals surface area contributed by atoms with Gasteiger partial charge >= 0.3 is 0 Å². The minimum absolute atomic E-state index is 0.0188. The predicted octanol–water partition coefficient (Wildman–Crippen LogP) is 4.57. The number of hydrogen-bond acceptors (Lipinski definition) is 4. The molecule has 1 saturated heterocycles. The van der Waals surface area contributed by atoms with E-state index in [1.54, 1.807) is 12.1 Å². The van der Waals surface area contributed by atoms with Crippen molar-refractivity contribution in [2.45, 2.75) is 32.6 Å². The van der Waals surface area contributed by atoms with E-state index < -0.39 is 4.92 Å². The third-order valence-corrected chi connectivity index (χ3v) is 4.72. The molecule has 1 amide bonds. The van der Waals surface area contributed by atoms with E-state index in [0.717, 1.165) is 25.9 Å². The van der Waals surface area contributed by atoms with Gasteiger partial charge in [0.15, 0.2) is 0 Å². The Morgan fingerprint density at radius 1 is 1.12 bits per heavy atom. The molecule has 0 spiro atoms. The number of benzene rings is 2. The fraction of sp³-hybridized carbons (Fsp3) is 0.350. The Kier molecular flexibility index (Phi) is 5.21. The molecule has 0 aromatic heterocycles. The first-order chi connectivity index (χ1) is 12.5. The van der Waals surface area contributed by atoms with Gasteiger partial charge in [0, 0.05) is 30.4 Å². The van der Waals surface area contributed by atoms with Crippen molar-refractivity contribution >= 4 is 23.0 Å². The summed E-state index contributed by atoms with van der Waals surface area (Å²) in [6, 6.07) is 12.3. The first-order valence-electron chi connectivity index (χ1n) is 8.90. The molecule has 1 heterocycles. The second-order valence-electron chi connectivity index (χ2n) is 6.89. The van der Waals surface area contributed by atoms with E-state index >= 15 is 0 Å². The van der Waals surface area contributed by atoms with Crippen molar-refractivity contribution in [1.29, 1.82) is 0 Å². The van der Waals surface area contributed by atoms with Gasteiger partial charge in [0.1, 0.15) is 5.69 Å². The summed E-state index contributed by atoms with van der Waals surface area (Å²) in [6.07, 6.45) is 2.07. The van der Waals surface area contributed by atoms with Crippen LogP contribution in [0, 0.1) is 10.1 Å². The quantitative estimate of drug-likeness (QED) is 0.631. The van der Waals surface area contributed by atoms with Gasteiger partial charge < -0.3 is 10.2 Å². The Bertz CT molecular complexity index is 810. The van der Waals surface area contributed by atoms with Crippen molar-refractivity contribution in [3.8, 4) is 0 Å².